The van der Waals surface area contributed by atoms with E-state index in [-0.39, 0.29) is 32.7 Å². The minimum Gasteiger partial charge on any atom is -0.320 e. The van der Waals surface area contributed by atoms with Crippen LogP contribution in [0.4, 0.5) is 10.1 Å². The van der Waals surface area contributed by atoms with E-state index in [2.05, 4.69) is 4.99 Å². The highest BCUT2D eigenvalue weighted by Gasteiger charge is 2.22. The van der Waals surface area contributed by atoms with Crippen LogP contribution >= 0.6 is 39.9 Å². The van der Waals surface area contributed by atoms with Gasteiger partial charge in [0.1, 0.15) is 10.7 Å². The highest BCUT2D eigenvalue weighted by molar-refractivity contribution is 8.93. The topological polar surface area (TPSA) is 54.7 Å². The molecule has 0 saturated carbocycles. The van der Waals surface area contributed by atoms with E-state index in [4.69, 9.17) is 11.6 Å². The first kappa shape index (κ1) is 22.8. The summed E-state index contributed by atoms with van der Waals surface area (Å²) in [5.74, 6) is -0.319. The van der Waals surface area contributed by atoms with Gasteiger partial charge in [-0.25, -0.2) is 22.1 Å². The lowest BCUT2D eigenvalue weighted by molar-refractivity contribution is 0.521. The lowest BCUT2D eigenvalue weighted by Crippen LogP contribution is -2.22. The number of benzene rings is 2. The van der Waals surface area contributed by atoms with Crippen molar-refractivity contribution >= 4 is 55.6 Å². The molecule has 0 bridgehead atoms. The first-order chi connectivity index (χ1) is 12.7. The molecule has 28 heavy (non-hydrogen) atoms. The highest BCUT2D eigenvalue weighted by atomic mass is 79.9. The summed E-state index contributed by atoms with van der Waals surface area (Å²) in [6, 6.07) is 10.8. The summed E-state index contributed by atoms with van der Waals surface area (Å²) in [6.45, 7) is 0. The molecule has 0 fully saturated rings. The third-order valence-corrected chi connectivity index (χ3v) is 7.17. The van der Waals surface area contributed by atoms with Crippen molar-refractivity contribution in [1.29, 1.82) is 0 Å². The van der Waals surface area contributed by atoms with E-state index in [1.165, 1.54) is 37.6 Å². The Hall–Kier alpha value is -1.52. The van der Waals surface area contributed by atoms with Gasteiger partial charge in [0.2, 0.25) is 10.0 Å². The molecule has 0 unspecified atom stereocenters. The summed E-state index contributed by atoms with van der Waals surface area (Å²) in [7, 11) is 1.10. The normalized spacial score (nSPS) is 12.3. The second-order valence-electron chi connectivity index (χ2n) is 5.98. The largest absolute Gasteiger partial charge is 0.320 e. The molecule has 0 saturated heterocycles. The highest BCUT2D eigenvalue weighted by Crippen LogP contribution is 2.29. The zero-order valence-electron chi connectivity index (χ0n) is 15.3. The Labute approximate surface area is 182 Å². The maximum Gasteiger partial charge on any atom is 0.244 e. The molecular weight excluding hydrogens is 489 g/mol. The smallest absolute Gasteiger partial charge is 0.244 e. The SMILES string of the molecule is Br.CN(C)S(=O)(=O)c1cc(-c2cs/c(=N/c3ccc(F)cc3)n2C)ccc1Cl. The van der Waals surface area contributed by atoms with Gasteiger partial charge in [0.05, 0.1) is 16.4 Å². The third kappa shape index (κ3) is 4.55. The summed E-state index contributed by atoms with van der Waals surface area (Å²) in [5, 5.41) is 2.05. The Morgan fingerprint density at radius 1 is 1.14 bits per heavy atom. The van der Waals surface area contributed by atoms with Crippen molar-refractivity contribution < 1.29 is 12.8 Å². The van der Waals surface area contributed by atoms with Gasteiger partial charge >= 0.3 is 0 Å². The molecular formula is C18H18BrClFN3O2S2. The fourth-order valence-electron chi connectivity index (χ4n) is 2.42. The van der Waals surface area contributed by atoms with Gasteiger partial charge in [0.15, 0.2) is 4.80 Å². The quantitative estimate of drug-likeness (QED) is 0.519. The molecule has 0 atom stereocenters. The van der Waals surface area contributed by atoms with Gasteiger partial charge in [-0.2, -0.15) is 0 Å². The Kier molecular flexibility index (Phi) is 7.22. The van der Waals surface area contributed by atoms with Crippen LogP contribution in [0, 0.1) is 5.82 Å². The molecule has 0 spiro atoms. The van der Waals surface area contributed by atoms with Gasteiger partial charge in [-0.15, -0.1) is 28.3 Å². The molecule has 0 amide bonds. The second-order valence-corrected chi connectivity index (χ2v) is 9.35. The Morgan fingerprint density at radius 2 is 1.79 bits per heavy atom. The first-order valence-electron chi connectivity index (χ1n) is 7.87. The summed E-state index contributed by atoms with van der Waals surface area (Å²) in [4.78, 5) is 5.26. The maximum absolute atomic E-state index is 13.0. The molecule has 2 aromatic carbocycles. The minimum atomic E-state index is -3.66. The number of nitrogens with zero attached hydrogens (tertiary/aromatic N) is 3. The Balaban J connectivity index is 0.00000280. The van der Waals surface area contributed by atoms with Gasteiger partial charge in [-0.05, 0) is 36.4 Å². The van der Waals surface area contributed by atoms with E-state index < -0.39 is 10.0 Å². The van der Waals surface area contributed by atoms with Gasteiger partial charge in [0, 0.05) is 32.1 Å². The lowest BCUT2D eigenvalue weighted by Gasteiger charge is -2.14. The van der Waals surface area contributed by atoms with Crippen molar-refractivity contribution in [3.8, 4) is 11.3 Å². The van der Waals surface area contributed by atoms with Gasteiger partial charge in [-0.1, -0.05) is 17.7 Å². The molecule has 1 aromatic heterocycles. The van der Waals surface area contributed by atoms with E-state index in [9.17, 15) is 12.8 Å². The van der Waals surface area contributed by atoms with Crippen LogP contribution in [0.2, 0.25) is 5.02 Å². The van der Waals surface area contributed by atoms with Crippen molar-refractivity contribution in [3.05, 3.63) is 63.5 Å². The number of thiazole rings is 1. The second kappa shape index (κ2) is 8.87. The number of halogens is 3. The van der Waals surface area contributed by atoms with Gasteiger partial charge in [0.25, 0.3) is 0 Å². The lowest BCUT2D eigenvalue weighted by atomic mass is 10.2. The molecule has 150 valence electrons. The number of hydrogen-bond donors (Lipinski definition) is 0. The molecule has 1 heterocycles. The molecule has 0 aliphatic rings. The zero-order chi connectivity index (χ0) is 19.8. The van der Waals surface area contributed by atoms with Crippen molar-refractivity contribution in [2.75, 3.05) is 14.1 Å². The molecule has 10 heteroatoms. The average molecular weight is 507 g/mol. The molecule has 0 radical (unpaired) electrons. The van der Waals surface area contributed by atoms with Gasteiger partial charge < -0.3 is 4.57 Å². The van der Waals surface area contributed by atoms with Crippen LogP contribution in [0.3, 0.4) is 0 Å². The van der Waals surface area contributed by atoms with Crippen LogP contribution in [0.15, 0.2) is 57.7 Å². The molecule has 3 rings (SSSR count). The summed E-state index contributed by atoms with van der Waals surface area (Å²) in [5.41, 5.74) is 2.14. The van der Waals surface area contributed by atoms with E-state index in [0.717, 1.165) is 10.00 Å². The number of aromatic nitrogens is 1. The van der Waals surface area contributed by atoms with Crippen LogP contribution < -0.4 is 4.80 Å². The average Bonchev–Trinajstić information content (AvgIpc) is 2.98. The minimum absolute atomic E-state index is 0. The number of sulfonamides is 1. The summed E-state index contributed by atoms with van der Waals surface area (Å²) < 4.78 is 41.0. The monoisotopic (exact) mass is 505 g/mol. The molecule has 0 aliphatic carbocycles. The van der Waals surface area contributed by atoms with Crippen LogP contribution in [-0.2, 0) is 17.1 Å². The van der Waals surface area contributed by atoms with Crippen molar-refractivity contribution in [3.63, 3.8) is 0 Å². The maximum atomic E-state index is 13.0. The fourth-order valence-corrected chi connectivity index (χ4v) is 4.74. The number of hydrogen-bond acceptors (Lipinski definition) is 4. The summed E-state index contributed by atoms with van der Waals surface area (Å²) >= 11 is 7.52. The van der Waals surface area contributed by atoms with Crippen LogP contribution in [0.25, 0.3) is 11.3 Å². The molecule has 0 aliphatic heterocycles. The predicted octanol–water partition coefficient (Wildman–Crippen LogP) is 4.61. The Morgan fingerprint density at radius 3 is 2.39 bits per heavy atom. The predicted molar refractivity (Wildman–Crippen MR) is 117 cm³/mol. The van der Waals surface area contributed by atoms with Crippen LogP contribution in [0.1, 0.15) is 0 Å². The van der Waals surface area contributed by atoms with Crippen LogP contribution in [0.5, 0.6) is 0 Å². The van der Waals surface area contributed by atoms with Crippen molar-refractivity contribution in [2.45, 2.75) is 4.90 Å². The van der Waals surface area contributed by atoms with Crippen LogP contribution in [-0.4, -0.2) is 31.4 Å². The van der Waals surface area contributed by atoms with Crippen molar-refractivity contribution in [1.82, 2.24) is 8.87 Å². The fraction of sp³-hybridized carbons (Fsp3) is 0.167. The van der Waals surface area contributed by atoms with E-state index in [0.29, 0.717) is 16.1 Å². The van der Waals surface area contributed by atoms with E-state index >= 15 is 0 Å². The zero-order valence-corrected chi connectivity index (χ0v) is 19.4. The molecule has 0 N–H and O–H groups in total. The molecule has 3 aromatic rings. The molecule has 5 nitrogen and oxygen atoms in total. The summed E-state index contributed by atoms with van der Waals surface area (Å²) in [6.07, 6.45) is 0. The standard InChI is InChI=1S/C18H17ClFN3O2S2.BrH/c1-22(2)27(24,25)17-10-12(4-9-15(17)19)16-11-26-18(23(16)3)21-14-7-5-13(20)6-8-14;/h4-11H,1-3H3;1H/b21-18+;. The first-order valence-corrected chi connectivity index (χ1v) is 10.6. The van der Waals surface area contributed by atoms with Gasteiger partial charge in [-0.3, -0.25) is 0 Å². The third-order valence-electron chi connectivity index (χ3n) is 3.96. The van der Waals surface area contributed by atoms with E-state index in [1.54, 1.807) is 30.3 Å². The Bertz CT molecular complexity index is 1160. The number of rotatable bonds is 4. The van der Waals surface area contributed by atoms with E-state index in [1.807, 2.05) is 17.0 Å². The van der Waals surface area contributed by atoms with Crippen molar-refractivity contribution in [2.24, 2.45) is 12.0 Å².